The van der Waals surface area contributed by atoms with Crippen molar-refractivity contribution in [3.63, 3.8) is 0 Å². The molecule has 3 nitrogen and oxygen atoms in total. The molecule has 0 radical (unpaired) electrons. The normalized spacial score (nSPS) is 17.5. The van der Waals surface area contributed by atoms with Crippen molar-refractivity contribution < 1.29 is 15.4 Å². The summed E-state index contributed by atoms with van der Waals surface area (Å²) in [6, 6.07) is 2.03. The monoisotopic (exact) mass is 284 g/mol. The number of hydrogen-bond donors (Lipinski definition) is 0. The third-order valence-corrected chi connectivity index (χ3v) is 3.00. The van der Waals surface area contributed by atoms with Crippen LogP contribution in [0.4, 0.5) is 0 Å². The molecule has 3 aromatic heterocycles. The minimum atomic E-state index is -2.57. The highest BCUT2D eigenvalue weighted by Crippen LogP contribution is 2.32. The molecule has 3 rings (SSSR count). The molecule has 0 atom stereocenters. The molecule has 3 aromatic rings. The molecule has 0 aromatic carbocycles. The maximum atomic E-state index is 8.16. The molecule has 3 heteroatoms. The van der Waals surface area contributed by atoms with Crippen LogP contribution in [0.15, 0.2) is 48.0 Å². The van der Waals surface area contributed by atoms with Gasteiger partial charge >= 0.3 is 0 Å². The van der Waals surface area contributed by atoms with Gasteiger partial charge in [-0.1, -0.05) is 25.3 Å². The van der Waals surface area contributed by atoms with Crippen molar-refractivity contribution in [3.05, 3.63) is 71.8 Å². The van der Waals surface area contributed by atoms with E-state index < -0.39 is 25.8 Å². The van der Waals surface area contributed by atoms with Gasteiger partial charge in [-0.15, -0.1) is 0 Å². The van der Waals surface area contributed by atoms with Crippen molar-refractivity contribution in [2.75, 3.05) is 0 Å². The number of furan rings is 1. The number of aryl methyl sites for hydroxylation is 2. The van der Waals surface area contributed by atoms with E-state index in [4.69, 9.17) is 15.4 Å². The van der Waals surface area contributed by atoms with Crippen molar-refractivity contribution >= 4 is 22.7 Å². The SMILES string of the molecule is [2H]c1c(C([2H])([2H])[2H])cnc(C(=C)c2oc3nc(C([2H])([2H])[2H])ccc3c2C=C)c1[2H]. The zero-order valence-corrected chi connectivity index (χ0v) is 11.0. The first-order valence-corrected chi connectivity index (χ1v) is 6.09. The van der Waals surface area contributed by atoms with Gasteiger partial charge in [-0.25, -0.2) is 4.98 Å². The van der Waals surface area contributed by atoms with Gasteiger partial charge in [0.2, 0.25) is 5.71 Å². The van der Waals surface area contributed by atoms with Crippen molar-refractivity contribution in [2.24, 2.45) is 0 Å². The number of nitrogens with zero attached hydrogens (tertiary/aromatic N) is 2. The highest BCUT2D eigenvalue weighted by Gasteiger charge is 2.17. The number of aromatic nitrogens is 2. The van der Waals surface area contributed by atoms with Crippen LogP contribution in [-0.4, -0.2) is 9.97 Å². The predicted octanol–water partition coefficient (Wildman–Crippen LogP) is 4.54. The first-order chi connectivity index (χ1) is 13.4. The average molecular weight is 284 g/mol. The highest BCUT2D eigenvalue weighted by molar-refractivity contribution is 5.92. The minimum absolute atomic E-state index is 0.0267. The molecule has 0 bridgehead atoms. The van der Waals surface area contributed by atoms with E-state index in [0.29, 0.717) is 10.9 Å². The topological polar surface area (TPSA) is 38.9 Å². The van der Waals surface area contributed by atoms with Crippen molar-refractivity contribution in [2.45, 2.75) is 13.7 Å². The summed E-state index contributed by atoms with van der Waals surface area (Å²) in [6.45, 7) is 2.63. The van der Waals surface area contributed by atoms with E-state index in [9.17, 15) is 0 Å². The Morgan fingerprint density at radius 3 is 3.05 bits per heavy atom. The van der Waals surface area contributed by atoms with E-state index in [-0.39, 0.29) is 34.0 Å². The Bertz CT molecular complexity index is 1140. The zero-order chi connectivity index (χ0) is 21.7. The molecule has 0 saturated heterocycles. The average Bonchev–Trinajstić information content (AvgIpc) is 2.99. The second-order valence-electron chi connectivity index (χ2n) is 4.35. The lowest BCUT2D eigenvalue weighted by Gasteiger charge is -2.03. The van der Waals surface area contributed by atoms with Crippen LogP contribution >= 0.6 is 0 Å². The van der Waals surface area contributed by atoms with Gasteiger partial charge in [0.1, 0.15) is 5.76 Å². The molecule has 0 aliphatic rings. The van der Waals surface area contributed by atoms with Crippen LogP contribution in [-0.2, 0) is 0 Å². The Balaban J connectivity index is 2.17. The number of rotatable bonds is 3. The quantitative estimate of drug-likeness (QED) is 0.708. The van der Waals surface area contributed by atoms with Crippen molar-refractivity contribution in [3.8, 4) is 0 Å². The molecule has 0 unspecified atom stereocenters. The maximum absolute atomic E-state index is 8.16. The molecule has 0 N–H and O–H groups in total. The van der Waals surface area contributed by atoms with Crippen LogP contribution in [0.5, 0.6) is 0 Å². The largest absolute Gasteiger partial charge is 0.437 e. The van der Waals surface area contributed by atoms with E-state index in [0.717, 1.165) is 6.20 Å². The molecule has 21 heavy (non-hydrogen) atoms. The van der Waals surface area contributed by atoms with E-state index in [1.165, 1.54) is 12.1 Å². The Kier molecular flexibility index (Phi) is 1.64. The fourth-order valence-electron chi connectivity index (χ4n) is 2.01. The van der Waals surface area contributed by atoms with Crippen LogP contribution in [0.1, 0.15) is 39.2 Å². The van der Waals surface area contributed by atoms with E-state index in [1.54, 1.807) is 6.07 Å². The smallest absolute Gasteiger partial charge is 0.227 e. The van der Waals surface area contributed by atoms with Crippen LogP contribution in [0.2, 0.25) is 0 Å². The summed E-state index contributed by atoms with van der Waals surface area (Å²) in [5.74, 6) is 0.159. The second-order valence-corrected chi connectivity index (χ2v) is 4.35. The summed E-state index contributed by atoms with van der Waals surface area (Å²) >= 11 is 0. The van der Waals surface area contributed by atoms with Gasteiger partial charge in [-0.05, 0) is 37.4 Å². The molecule has 0 fully saturated rings. The van der Waals surface area contributed by atoms with Gasteiger partial charge in [0.25, 0.3) is 0 Å². The molecule has 0 saturated carbocycles. The Morgan fingerprint density at radius 1 is 1.38 bits per heavy atom. The fourth-order valence-corrected chi connectivity index (χ4v) is 2.01. The van der Waals surface area contributed by atoms with Crippen molar-refractivity contribution in [1.29, 1.82) is 0 Å². The van der Waals surface area contributed by atoms with Crippen LogP contribution in [0.25, 0.3) is 22.7 Å². The molecular formula is C18H16N2O. The van der Waals surface area contributed by atoms with Gasteiger partial charge in [-0.3, -0.25) is 4.98 Å². The molecule has 0 aliphatic carbocycles. The van der Waals surface area contributed by atoms with E-state index in [1.807, 2.05) is 0 Å². The Labute approximate surface area is 134 Å². The zero-order valence-electron chi connectivity index (χ0n) is 19.0. The first-order valence-electron chi connectivity index (χ1n) is 10.1. The molecule has 0 spiro atoms. The van der Waals surface area contributed by atoms with E-state index in [2.05, 4.69) is 23.1 Å². The van der Waals surface area contributed by atoms with Gasteiger partial charge < -0.3 is 4.42 Å². The van der Waals surface area contributed by atoms with Crippen LogP contribution < -0.4 is 0 Å². The predicted molar refractivity (Wildman–Crippen MR) is 85.9 cm³/mol. The van der Waals surface area contributed by atoms with Gasteiger partial charge in [-0.2, -0.15) is 0 Å². The summed E-state index contributed by atoms with van der Waals surface area (Å²) in [7, 11) is 0. The fraction of sp³-hybridized carbons (Fsp3) is 0.111. The van der Waals surface area contributed by atoms with Gasteiger partial charge in [0.15, 0.2) is 0 Å². The number of hydrogen-bond acceptors (Lipinski definition) is 3. The molecule has 0 amide bonds. The Morgan fingerprint density at radius 2 is 2.29 bits per heavy atom. The van der Waals surface area contributed by atoms with Gasteiger partial charge in [0, 0.05) is 36.6 Å². The lowest BCUT2D eigenvalue weighted by atomic mass is 10.0. The standard InChI is InChI=1S/C18H16N2O/c1-5-14-15-8-7-12(3)20-18(15)21-17(14)13(4)16-9-6-11(2)10-19-16/h5-10H,1,4H2,2-3H3/i2D3,3D3,6D,9D. The molecule has 0 aliphatic heterocycles. The van der Waals surface area contributed by atoms with Crippen LogP contribution in [0, 0.1) is 13.7 Å². The lowest BCUT2D eigenvalue weighted by Crippen LogP contribution is -1.90. The summed E-state index contributed by atoms with van der Waals surface area (Å²) in [6.07, 6.45) is 2.50. The summed E-state index contributed by atoms with van der Waals surface area (Å²) < 4.78 is 66.6. The minimum Gasteiger partial charge on any atom is -0.437 e. The highest BCUT2D eigenvalue weighted by atomic mass is 16.3. The number of fused-ring (bicyclic) bond motifs is 1. The molecule has 3 heterocycles. The van der Waals surface area contributed by atoms with Gasteiger partial charge in [0.05, 0.1) is 8.44 Å². The van der Waals surface area contributed by atoms with E-state index >= 15 is 0 Å². The molecule has 104 valence electrons. The Hall–Kier alpha value is -2.68. The van der Waals surface area contributed by atoms with Crippen molar-refractivity contribution in [1.82, 2.24) is 9.97 Å². The number of pyridine rings is 2. The summed E-state index contributed by atoms with van der Waals surface area (Å²) in [5.41, 5.74) is 0.159. The first kappa shape index (κ1) is 6.85. The summed E-state index contributed by atoms with van der Waals surface area (Å²) in [4.78, 5) is 8.05. The summed E-state index contributed by atoms with van der Waals surface area (Å²) in [5, 5.41) is 0.501. The third kappa shape index (κ3) is 2.27. The van der Waals surface area contributed by atoms with Crippen LogP contribution in [0.3, 0.4) is 0 Å². The third-order valence-electron chi connectivity index (χ3n) is 3.00. The second kappa shape index (κ2) is 5.02. The molecular weight excluding hydrogens is 260 g/mol. The lowest BCUT2D eigenvalue weighted by molar-refractivity contribution is 0.586. The maximum Gasteiger partial charge on any atom is 0.227 e.